The summed E-state index contributed by atoms with van der Waals surface area (Å²) < 4.78 is 1.60. The molecule has 2 N–H and O–H groups in total. The van der Waals surface area contributed by atoms with E-state index in [1.54, 1.807) is 11.0 Å². The van der Waals surface area contributed by atoms with Gasteiger partial charge in [-0.15, -0.1) is 0 Å². The number of imidazole rings is 1. The number of benzene rings is 1. The van der Waals surface area contributed by atoms with Crippen LogP contribution >= 0.6 is 0 Å². The lowest BCUT2D eigenvalue weighted by molar-refractivity contribution is -0.127. The van der Waals surface area contributed by atoms with Crippen LogP contribution in [0.25, 0.3) is 17.0 Å². The normalized spacial score (nSPS) is 24.1. The first-order valence-electron chi connectivity index (χ1n) is 11.8. The molecule has 3 aliphatic rings. The Labute approximate surface area is 200 Å². The molecule has 35 heavy (non-hydrogen) atoms. The van der Waals surface area contributed by atoms with Crippen molar-refractivity contribution < 1.29 is 9.59 Å². The molecule has 4 aromatic rings. The van der Waals surface area contributed by atoms with Gasteiger partial charge in [0.2, 0.25) is 11.8 Å². The standard InChI is InChI=1S/C25H24N8O2/c1-12-8-24(3,4)32-19-14(12)6-5-7-15(19)25(23(32)35)9-16(34)30-21-17(25)13(2)31-33(21)22-18-20(27-10-26-18)28-11-29-22/h5-7,10-12H,8-9H2,1-4H3,(H,30,34)(H,26,27,28,29)/t12-,25-/m1/s1. The summed E-state index contributed by atoms with van der Waals surface area (Å²) in [6, 6.07) is 6.11. The van der Waals surface area contributed by atoms with Gasteiger partial charge >= 0.3 is 0 Å². The van der Waals surface area contributed by atoms with Crippen LogP contribution in [0.5, 0.6) is 0 Å². The van der Waals surface area contributed by atoms with E-state index in [-0.39, 0.29) is 23.8 Å². The molecule has 10 nitrogen and oxygen atoms in total. The fraction of sp³-hybridized carbons (Fsp3) is 0.360. The molecule has 0 bridgehead atoms. The first kappa shape index (κ1) is 20.3. The number of anilines is 2. The lowest BCUT2D eigenvalue weighted by atomic mass is 9.70. The summed E-state index contributed by atoms with van der Waals surface area (Å²) in [7, 11) is 0. The minimum Gasteiger partial charge on any atom is -0.340 e. The van der Waals surface area contributed by atoms with Gasteiger partial charge in [-0.3, -0.25) is 9.59 Å². The van der Waals surface area contributed by atoms with E-state index in [2.05, 4.69) is 52.1 Å². The smallest absolute Gasteiger partial charge is 0.243 e. The molecule has 0 fully saturated rings. The number of aromatic amines is 1. The van der Waals surface area contributed by atoms with Crippen molar-refractivity contribution in [3.8, 4) is 5.82 Å². The molecular formula is C25H24N8O2. The van der Waals surface area contributed by atoms with Crippen molar-refractivity contribution in [1.29, 1.82) is 0 Å². The molecule has 176 valence electrons. The van der Waals surface area contributed by atoms with E-state index >= 15 is 0 Å². The third kappa shape index (κ3) is 2.34. The minimum absolute atomic E-state index is 0.0338. The second kappa shape index (κ2) is 6.32. The van der Waals surface area contributed by atoms with Crippen LogP contribution in [0.3, 0.4) is 0 Å². The number of rotatable bonds is 1. The number of aromatic nitrogens is 6. The Hall–Kier alpha value is -4.08. The highest BCUT2D eigenvalue weighted by atomic mass is 16.2. The number of amides is 2. The van der Waals surface area contributed by atoms with E-state index in [4.69, 9.17) is 5.10 Å². The molecule has 2 amide bonds. The number of H-pyrrole nitrogens is 1. The van der Waals surface area contributed by atoms with Crippen LogP contribution in [0.2, 0.25) is 0 Å². The largest absolute Gasteiger partial charge is 0.340 e. The summed E-state index contributed by atoms with van der Waals surface area (Å²) in [5.74, 6) is 0.929. The van der Waals surface area contributed by atoms with Crippen LogP contribution in [0.15, 0.2) is 30.9 Å². The van der Waals surface area contributed by atoms with Crippen LogP contribution in [0.4, 0.5) is 11.5 Å². The summed E-state index contributed by atoms with van der Waals surface area (Å²) in [5, 5.41) is 7.78. The summed E-state index contributed by atoms with van der Waals surface area (Å²) in [6.07, 6.45) is 3.84. The van der Waals surface area contributed by atoms with Crippen LogP contribution < -0.4 is 10.2 Å². The highest BCUT2D eigenvalue weighted by Gasteiger charge is 2.62. The van der Waals surface area contributed by atoms with E-state index in [0.717, 1.165) is 28.8 Å². The summed E-state index contributed by atoms with van der Waals surface area (Å²) in [6.45, 7) is 8.30. The first-order valence-corrected chi connectivity index (χ1v) is 11.8. The number of hydrogen-bond donors (Lipinski definition) is 2. The molecule has 0 unspecified atom stereocenters. The third-order valence-corrected chi connectivity index (χ3v) is 7.84. The monoisotopic (exact) mass is 468 g/mol. The van der Waals surface area contributed by atoms with Crippen LogP contribution in [0, 0.1) is 6.92 Å². The SMILES string of the molecule is Cc1nn(-c2ncnc3nc[nH]c23)c2c1[C@]1(CC(=O)N2)C(=O)N2c3c(cccc31)[C@H](C)CC2(C)C. The topological polar surface area (TPSA) is 122 Å². The predicted molar refractivity (Wildman–Crippen MR) is 129 cm³/mol. The molecule has 7 rings (SSSR count). The average Bonchev–Trinajstić information content (AvgIpc) is 3.47. The van der Waals surface area contributed by atoms with Gasteiger partial charge in [-0.1, -0.05) is 25.1 Å². The number of carbonyl (C=O) groups excluding carboxylic acids is 2. The number of aryl methyl sites for hydroxylation is 1. The Kier molecular flexibility index (Phi) is 3.67. The molecular weight excluding hydrogens is 444 g/mol. The zero-order valence-corrected chi connectivity index (χ0v) is 19.9. The number of nitrogens with one attached hydrogen (secondary N) is 2. The Morgan fingerprint density at radius 3 is 2.80 bits per heavy atom. The molecule has 2 atom stereocenters. The second-order valence-electron chi connectivity index (χ2n) is 10.5. The number of para-hydroxylation sites is 1. The second-order valence-corrected chi connectivity index (χ2v) is 10.5. The van der Waals surface area contributed by atoms with Gasteiger partial charge in [0.25, 0.3) is 0 Å². The van der Waals surface area contributed by atoms with E-state index in [0.29, 0.717) is 34.4 Å². The van der Waals surface area contributed by atoms with Gasteiger partial charge in [0.05, 0.1) is 17.7 Å². The summed E-state index contributed by atoms with van der Waals surface area (Å²) >= 11 is 0. The molecule has 1 spiro atoms. The minimum atomic E-state index is -1.15. The Morgan fingerprint density at radius 1 is 1.14 bits per heavy atom. The van der Waals surface area contributed by atoms with Gasteiger partial charge in [0, 0.05) is 17.5 Å². The van der Waals surface area contributed by atoms with E-state index in [1.807, 2.05) is 24.0 Å². The maximum atomic E-state index is 14.5. The van der Waals surface area contributed by atoms with Gasteiger partial charge in [0.1, 0.15) is 23.1 Å². The van der Waals surface area contributed by atoms with Crippen molar-refractivity contribution in [2.45, 2.75) is 57.4 Å². The highest BCUT2D eigenvalue weighted by Crippen LogP contribution is 2.59. The summed E-state index contributed by atoms with van der Waals surface area (Å²) in [5.41, 5.74) is 3.94. The number of hydrogen-bond acceptors (Lipinski definition) is 6. The Balaban J connectivity index is 1.55. The van der Waals surface area contributed by atoms with E-state index in [9.17, 15) is 9.59 Å². The van der Waals surface area contributed by atoms with Crippen molar-refractivity contribution in [1.82, 2.24) is 29.7 Å². The molecule has 0 radical (unpaired) electrons. The van der Waals surface area contributed by atoms with E-state index in [1.165, 1.54) is 6.33 Å². The molecule has 0 aliphatic carbocycles. The van der Waals surface area contributed by atoms with Gasteiger partial charge in [-0.25, -0.2) is 15.0 Å². The predicted octanol–water partition coefficient (Wildman–Crippen LogP) is 3.11. The molecule has 3 aromatic heterocycles. The molecule has 0 saturated carbocycles. The van der Waals surface area contributed by atoms with Gasteiger partial charge in [-0.2, -0.15) is 9.78 Å². The maximum Gasteiger partial charge on any atom is 0.243 e. The van der Waals surface area contributed by atoms with Crippen molar-refractivity contribution in [3.05, 3.63) is 53.2 Å². The molecule has 0 saturated heterocycles. The van der Waals surface area contributed by atoms with E-state index < -0.39 is 5.41 Å². The number of fused-ring (bicyclic) bond motifs is 4. The third-order valence-electron chi connectivity index (χ3n) is 7.84. The average molecular weight is 469 g/mol. The lowest BCUT2D eigenvalue weighted by Gasteiger charge is -2.44. The summed E-state index contributed by atoms with van der Waals surface area (Å²) in [4.78, 5) is 45.7. The van der Waals surface area contributed by atoms with Gasteiger partial charge < -0.3 is 15.2 Å². The van der Waals surface area contributed by atoms with Crippen molar-refractivity contribution in [2.24, 2.45) is 0 Å². The van der Waals surface area contributed by atoms with Crippen LogP contribution in [-0.2, 0) is 15.0 Å². The Bertz CT molecular complexity index is 1600. The quantitative estimate of drug-likeness (QED) is 0.443. The zero-order chi connectivity index (χ0) is 24.3. The van der Waals surface area contributed by atoms with Crippen molar-refractivity contribution in [3.63, 3.8) is 0 Å². The first-order chi connectivity index (χ1) is 16.7. The molecule has 1 aromatic carbocycles. The number of nitrogens with zero attached hydrogens (tertiary/aromatic N) is 6. The zero-order valence-electron chi connectivity index (χ0n) is 19.9. The number of carbonyl (C=O) groups is 2. The maximum absolute atomic E-state index is 14.5. The lowest BCUT2D eigenvalue weighted by Crippen LogP contribution is -2.54. The molecule has 6 heterocycles. The fourth-order valence-corrected chi connectivity index (χ4v) is 6.63. The van der Waals surface area contributed by atoms with Gasteiger partial charge in [0.15, 0.2) is 11.5 Å². The molecule has 10 heteroatoms. The molecule has 3 aliphatic heterocycles. The van der Waals surface area contributed by atoms with Crippen LogP contribution in [-0.4, -0.2) is 47.1 Å². The van der Waals surface area contributed by atoms with Crippen molar-refractivity contribution in [2.75, 3.05) is 10.2 Å². The van der Waals surface area contributed by atoms with Gasteiger partial charge in [-0.05, 0) is 44.2 Å². The highest BCUT2D eigenvalue weighted by molar-refractivity contribution is 6.17. The van der Waals surface area contributed by atoms with Crippen LogP contribution in [0.1, 0.15) is 61.9 Å². The van der Waals surface area contributed by atoms with Crippen molar-refractivity contribution >= 4 is 34.5 Å². The Morgan fingerprint density at radius 2 is 1.97 bits per heavy atom. The fourth-order valence-electron chi connectivity index (χ4n) is 6.63.